The predicted octanol–water partition coefficient (Wildman–Crippen LogP) is 4.87. The molecular formula is C43H65N5O10. The van der Waals surface area contributed by atoms with Crippen molar-refractivity contribution in [3.05, 3.63) is 41.2 Å². The number of aromatic nitrogens is 1. The van der Waals surface area contributed by atoms with Gasteiger partial charge < -0.3 is 43.9 Å². The topological polar surface area (TPSA) is 169 Å². The number of ether oxygens (including phenoxy) is 5. The first-order valence-corrected chi connectivity index (χ1v) is 20.9. The minimum absolute atomic E-state index is 0.141. The number of aromatic amines is 1. The van der Waals surface area contributed by atoms with Crippen LogP contribution in [0, 0.1) is 28.9 Å². The number of amides is 1. The molecule has 5 heterocycles. The number of aliphatic hydroxyl groups excluding tert-OH is 1. The molecule has 4 aliphatic heterocycles. The summed E-state index contributed by atoms with van der Waals surface area (Å²) < 4.78 is 32.7. The van der Waals surface area contributed by atoms with E-state index in [2.05, 4.69) is 11.1 Å². The highest BCUT2D eigenvalue weighted by atomic mass is 16.7. The number of rotatable bonds is 9. The summed E-state index contributed by atoms with van der Waals surface area (Å²) in [7, 11) is 5.30. The first-order valence-electron chi connectivity index (χ1n) is 20.9. The number of hydrogen-bond acceptors (Lipinski definition) is 12. The summed E-state index contributed by atoms with van der Waals surface area (Å²) in [4.78, 5) is 47.9. The highest BCUT2D eigenvalue weighted by Crippen LogP contribution is 2.45. The minimum atomic E-state index is -1.38. The van der Waals surface area contributed by atoms with E-state index in [0.717, 1.165) is 21.2 Å². The standard InChI is InChI=1S/C43H65N5O10/c1-12-33-43(8)37-26(4)34(47(53)23-46(48(37)41(52)58-43)19-15-16-29-22-44-31-18-14-13-17-30(29)31)24(2)21-42(7,54-11)38(27(5)35(49)28(6)39(51)56-33)57-40-36(50)32(45(9)10)20-25(3)55-40/h13-14,17-18,22,24-28,32-33,36-38,40,44,50H,12,15-16,19-21,23H2,1-11H3/t24-,25-,26+,27+,28-,32+,33-,36-,37-,38-,40+,42+,43-/m1/s1. The molecule has 0 aliphatic carbocycles. The van der Waals surface area contributed by atoms with Crippen molar-refractivity contribution >= 4 is 34.5 Å². The second-order valence-corrected chi connectivity index (χ2v) is 17.8. The van der Waals surface area contributed by atoms with Gasteiger partial charge in [0, 0.05) is 48.6 Å². The van der Waals surface area contributed by atoms with Crippen LogP contribution in [0.1, 0.15) is 86.6 Å². The second-order valence-electron chi connectivity index (χ2n) is 17.8. The van der Waals surface area contributed by atoms with E-state index in [1.807, 2.05) is 78.0 Å². The summed E-state index contributed by atoms with van der Waals surface area (Å²) >= 11 is 0. The van der Waals surface area contributed by atoms with Crippen LogP contribution < -0.4 is 0 Å². The van der Waals surface area contributed by atoms with Gasteiger partial charge in [0.05, 0.1) is 23.7 Å². The molecule has 2 bridgehead atoms. The van der Waals surface area contributed by atoms with Gasteiger partial charge >= 0.3 is 12.1 Å². The zero-order chi connectivity index (χ0) is 42.4. The second kappa shape index (κ2) is 17.2. The SMILES string of the molecule is CC[C@H]1OC(=O)[C@H](C)C(=O)[C@H](C)[C@@H](O[C@@H]2O[C@H](C)C[C@H](N(C)C)[C@H]2O)[C@@](C)(OC)C[C@@H](C)C2=[N+]([O-])CN(CCCc3c[nH]c4ccccc34)N3C(=O)O[C@@]1(C)[C@H]3[C@H]2C. The first-order chi connectivity index (χ1) is 27.4. The predicted molar refractivity (Wildman–Crippen MR) is 217 cm³/mol. The molecule has 15 nitrogen and oxygen atoms in total. The Morgan fingerprint density at radius 3 is 2.47 bits per heavy atom. The number of aryl methyl sites for hydroxylation is 1. The summed E-state index contributed by atoms with van der Waals surface area (Å²) in [6.07, 6.45) is -0.602. The van der Waals surface area contributed by atoms with Gasteiger partial charge in [-0.05, 0) is 85.5 Å². The van der Waals surface area contributed by atoms with Crippen molar-refractivity contribution in [2.45, 2.75) is 141 Å². The minimum Gasteiger partial charge on any atom is -0.623 e. The van der Waals surface area contributed by atoms with Crippen molar-refractivity contribution < 1.29 is 47.9 Å². The molecule has 3 fully saturated rings. The number of ketones is 1. The smallest absolute Gasteiger partial charge is 0.425 e. The van der Waals surface area contributed by atoms with Gasteiger partial charge in [0.2, 0.25) is 6.67 Å². The summed E-state index contributed by atoms with van der Waals surface area (Å²) in [5, 5.41) is 30.7. The molecule has 58 heavy (non-hydrogen) atoms. The van der Waals surface area contributed by atoms with Gasteiger partial charge in [-0.15, -0.1) is 0 Å². The number of cyclic esters (lactones) is 1. The number of H-pyrrole nitrogens is 1. The molecular weight excluding hydrogens is 746 g/mol. The molecule has 6 rings (SSSR count). The van der Waals surface area contributed by atoms with E-state index in [1.165, 1.54) is 14.0 Å². The number of aliphatic hydroxyl groups is 1. The van der Waals surface area contributed by atoms with Gasteiger partial charge in [0.15, 0.2) is 23.4 Å². The van der Waals surface area contributed by atoms with E-state index in [9.17, 15) is 24.7 Å². The lowest BCUT2D eigenvalue weighted by Crippen LogP contribution is -2.61. The Kier molecular flexibility index (Phi) is 13.0. The average molecular weight is 812 g/mol. The van der Waals surface area contributed by atoms with Crippen LogP contribution in [0.4, 0.5) is 4.79 Å². The molecule has 0 radical (unpaired) electrons. The molecule has 1 aromatic carbocycles. The Morgan fingerprint density at radius 2 is 1.79 bits per heavy atom. The Labute approximate surface area is 342 Å². The number of hydrogen-bond donors (Lipinski definition) is 2. The lowest BCUT2D eigenvalue weighted by atomic mass is 9.73. The van der Waals surface area contributed by atoms with Crippen LogP contribution in [0.15, 0.2) is 30.5 Å². The fourth-order valence-corrected chi connectivity index (χ4v) is 10.4. The maximum absolute atomic E-state index is 14.7. The lowest BCUT2D eigenvalue weighted by Gasteiger charge is -2.47. The molecule has 4 aliphatic rings. The maximum Gasteiger partial charge on any atom is 0.425 e. The van der Waals surface area contributed by atoms with E-state index < -0.39 is 83.4 Å². The van der Waals surface area contributed by atoms with Crippen LogP contribution in [-0.4, -0.2) is 142 Å². The molecule has 322 valence electrons. The molecule has 3 saturated heterocycles. The van der Waals surface area contributed by atoms with E-state index in [4.69, 9.17) is 23.7 Å². The Morgan fingerprint density at radius 1 is 1.09 bits per heavy atom. The average Bonchev–Trinajstić information content (AvgIpc) is 3.68. The van der Waals surface area contributed by atoms with Crippen molar-refractivity contribution in [3.63, 3.8) is 0 Å². The normalized spacial score (nSPS) is 38.2. The van der Waals surface area contributed by atoms with Gasteiger partial charge in [-0.3, -0.25) is 9.59 Å². The zero-order valence-electron chi connectivity index (χ0n) is 36.1. The number of esters is 1. The molecule has 0 saturated carbocycles. The lowest BCUT2D eigenvalue weighted by molar-refractivity contribution is -0.494. The monoisotopic (exact) mass is 811 g/mol. The highest BCUT2D eigenvalue weighted by molar-refractivity contribution is 6.00. The van der Waals surface area contributed by atoms with E-state index in [0.29, 0.717) is 31.5 Å². The van der Waals surface area contributed by atoms with Crippen LogP contribution in [-0.2, 0) is 39.7 Å². The fourth-order valence-electron chi connectivity index (χ4n) is 10.4. The number of nitrogens with one attached hydrogen (secondary N) is 1. The van der Waals surface area contributed by atoms with E-state index in [1.54, 1.807) is 23.9 Å². The van der Waals surface area contributed by atoms with Gasteiger partial charge in [-0.1, -0.05) is 45.9 Å². The third kappa shape index (κ3) is 8.02. The number of hydrazine groups is 1. The molecule has 1 aromatic heterocycles. The molecule has 1 amide bonds. The summed E-state index contributed by atoms with van der Waals surface area (Å²) in [5.74, 6) is -4.40. The quantitative estimate of drug-likeness (QED) is 0.153. The first kappa shape index (κ1) is 44.0. The summed E-state index contributed by atoms with van der Waals surface area (Å²) in [6.45, 7) is 14.7. The van der Waals surface area contributed by atoms with Crippen molar-refractivity contribution in [2.24, 2.45) is 23.7 Å². The van der Waals surface area contributed by atoms with Gasteiger partial charge in [-0.2, -0.15) is 9.75 Å². The largest absolute Gasteiger partial charge is 0.623 e. The van der Waals surface area contributed by atoms with Crippen LogP contribution in [0.3, 0.4) is 0 Å². The van der Waals surface area contributed by atoms with Crippen LogP contribution in [0.5, 0.6) is 0 Å². The Bertz CT molecular complexity index is 1850. The number of fused-ring (bicyclic) bond motifs is 2. The van der Waals surface area contributed by atoms with Crippen LogP contribution in [0.2, 0.25) is 0 Å². The number of Topliss-reactive ketones (excluding diaryl/α,β-unsaturated/α-hetero) is 1. The molecule has 2 N–H and O–H groups in total. The van der Waals surface area contributed by atoms with E-state index >= 15 is 0 Å². The van der Waals surface area contributed by atoms with Crippen molar-refractivity contribution in [3.8, 4) is 0 Å². The number of hydroxylamine groups is 1. The molecule has 0 spiro atoms. The van der Waals surface area contributed by atoms with Gasteiger partial charge in [-0.25, -0.2) is 9.80 Å². The van der Waals surface area contributed by atoms with Crippen molar-refractivity contribution in [2.75, 3.05) is 34.4 Å². The number of nitrogens with zero attached hydrogens (tertiary/aromatic N) is 4. The molecule has 2 aromatic rings. The zero-order valence-corrected chi connectivity index (χ0v) is 36.1. The Hall–Kier alpha value is -3.60. The number of benzene rings is 1. The maximum atomic E-state index is 14.7. The number of carbonyl (C=O) groups is 3. The van der Waals surface area contributed by atoms with Crippen LogP contribution >= 0.6 is 0 Å². The molecule has 13 atom stereocenters. The molecule has 0 unspecified atom stereocenters. The van der Waals surface area contributed by atoms with Gasteiger partial charge in [0.25, 0.3) is 0 Å². The fraction of sp³-hybridized carbons (Fsp3) is 0.721. The summed E-state index contributed by atoms with van der Waals surface area (Å²) in [5.41, 5.74) is 0.0733. The number of carbonyl (C=O) groups excluding carboxylic acids is 3. The van der Waals surface area contributed by atoms with Crippen molar-refractivity contribution in [1.82, 2.24) is 19.9 Å². The number of likely N-dealkylation sites (N-methyl/N-ethyl adjacent to an activating group) is 1. The third-order valence-corrected chi connectivity index (χ3v) is 13.5. The Balaban J connectivity index is 1.41. The van der Waals surface area contributed by atoms with Crippen LogP contribution in [0.25, 0.3) is 10.9 Å². The molecule has 15 heteroatoms. The van der Waals surface area contributed by atoms with Gasteiger partial charge in [0.1, 0.15) is 24.2 Å². The number of methoxy groups -OCH3 is 1. The van der Waals surface area contributed by atoms with Crippen molar-refractivity contribution in [1.29, 1.82) is 0 Å². The number of para-hydroxylation sites is 1. The third-order valence-electron chi connectivity index (χ3n) is 13.5. The van der Waals surface area contributed by atoms with E-state index in [-0.39, 0.29) is 31.7 Å². The summed E-state index contributed by atoms with van der Waals surface area (Å²) in [6, 6.07) is 7.07. The highest BCUT2D eigenvalue weighted by Gasteiger charge is 2.63.